The molecule has 8 heteroatoms. The minimum Gasteiger partial charge on any atom is -0.481 e. The molecule has 128 valence electrons. The predicted octanol–water partition coefficient (Wildman–Crippen LogP) is 2.96. The molecule has 1 aromatic carbocycles. The van der Waals surface area contributed by atoms with Crippen molar-refractivity contribution in [2.45, 2.75) is 25.9 Å². The normalized spacial score (nSPS) is 11.1. The average molecular weight is 361 g/mol. The maximum atomic E-state index is 12.8. The van der Waals surface area contributed by atoms with Crippen LogP contribution in [-0.4, -0.2) is 40.6 Å². The lowest BCUT2D eigenvalue weighted by Crippen LogP contribution is -2.47. The van der Waals surface area contributed by atoms with E-state index in [2.05, 4.69) is 5.32 Å². The summed E-state index contributed by atoms with van der Waals surface area (Å²) in [4.78, 5) is 22.5. The molecule has 0 spiro atoms. The van der Waals surface area contributed by atoms with Crippen molar-refractivity contribution in [2.24, 2.45) is 0 Å². The van der Waals surface area contributed by atoms with Crippen molar-refractivity contribution in [3.63, 3.8) is 0 Å². The van der Waals surface area contributed by atoms with Crippen molar-refractivity contribution in [1.82, 2.24) is 5.32 Å². The first kappa shape index (κ1) is 19.6. The Labute approximate surface area is 142 Å². The zero-order valence-electron chi connectivity index (χ0n) is 13.0. The number of benzene rings is 1. The molecule has 0 unspecified atom stereocenters. The lowest BCUT2D eigenvalue weighted by atomic mass is 10.1. The SMILES string of the molecule is CC(C)(Oc1ccc(F)cc1)C(=O)NCCSSCCC(=O)O. The lowest BCUT2D eigenvalue weighted by Gasteiger charge is -2.25. The molecule has 0 fully saturated rings. The van der Waals surface area contributed by atoms with Crippen LogP contribution in [0.15, 0.2) is 24.3 Å². The number of aliphatic carboxylic acids is 1. The summed E-state index contributed by atoms with van der Waals surface area (Å²) in [6, 6.07) is 5.49. The minimum absolute atomic E-state index is 0.128. The number of ether oxygens (including phenoxy) is 1. The molecule has 23 heavy (non-hydrogen) atoms. The van der Waals surface area contributed by atoms with Crippen molar-refractivity contribution < 1.29 is 23.8 Å². The van der Waals surface area contributed by atoms with Crippen molar-refractivity contribution in [3.8, 4) is 5.75 Å². The first-order valence-electron chi connectivity index (χ1n) is 7.00. The second-order valence-electron chi connectivity index (χ2n) is 5.11. The molecule has 0 aliphatic heterocycles. The van der Waals surface area contributed by atoms with Gasteiger partial charge >= 0.3 is 5.97 Å². The molecule has 0 atom stereocenters. The van der Waals surface area contributed by atoms with Crippen molar-refractivity contribution in [2.75, 3.05) is 18.1 Å². The van der Waals surface area contributed by atoms with Gasteiger partial charge in [-0.05, 0) is 38.1 Å². The number of carboxylic acids is 1. The Morgan fingerprint density at radius 2 is 1.83 bits per heavy atom. The number of hydrogen-bond acceptors (Lipinski definition) is 5. The zero-order valence-corrected chi connectivity index (χ0v) is 14.6. The van der Waals surface area contributed by atoms with Crippen LogP contribution in [0.3, 0.4) is 0 Å². The number of nitrogens with one attached hydrogen (secondary N) is 1. The van der Waals surface area contributed by atoms with E-state index in [1.807, 2.05) is 0 Å². The van der Waals surface area contributed by atoms with Crippen LogP contribution >= 0.6 is 21.6 Å². The van der Waals surface area contributed by atoms with Crippen molar-refractivity contribution in [3.05, 3.63) is 30.1 Å². The van der Waals surface area contributed by atoms with E-state index in [1.165, 1.54) is 45.9 Å². The first-order valence-corrected chi connectivity index (χ1v) is 9.49. The molecule has 0 heterocycles. The largest absolute Gasteiger partial charge is 0.481 e. The molecule has 0 aromatic heterocycles. The second-order valence-corrected chi connectivity index (χ2v) is 7.81. The Balaban J connectivity index is 2.26. The molecular formula is C15H20FNO4S2. The number of amides is 1. The first-order chi connectivity index (χ1) is 10.8. The van der Waals surface area contributed by atoms with Gasteiger partial charge in [0.15, 0.2) is 5.60 Å². The Morgan fingerprint density at radius 1 is 1.22 bits per heavy atom. The Kier molecular flexibility index (Phi) is 8.25. The molecule has 2 N–H and O–H groups in total. The highest BCUT2D eigenvalue weighted by Gasteiger charge is 2.29. The van der Waals surface area contributed by atoms with E-state index in [1.54, 1.807) is 13.8 Å². The summed E-state index contributed by atoms with van der Waals surface area (Å²) in [6.45, 7) is 3.74. The van der Waals surface area contributed by atoms with Gasteiger partial charge in [0, 0.05) is 18.1 Å². The highest BCUT2D eigenvalue weighted by molar-refractivity contribution is 8.76. The third-order valence-corrected chi connectivity index (χ3v) is 5.10. The van der Waals surface area contributed by atoms with Crippen LogP contribution in [0.2, 0.25) is 0 Å². The topological polar surface area (TPSA) is 75.6 Å². The van der Waals surface area contributed by atoms with Gasteiger partial charge in [0.25, 0.3) is 5.91 Å². The van der Waals surface area contributed by atoms with Gasteiger partial charge < -0.3 is 15.2 Å². The molecule has 1 aromatic rings. The standard InChI is InChI=1S/C15H20FNO4S2/c1-15(2,21-12-5-3-11(16)4-6-12)14(20)17-8-10-23-22-9-7-13(18)19/h3-6H,7-10H2,1-2H3,(H,17,20)(H,18,19). The molecule has 1 amide bonds. The van der Waals surface area contributed by atoms with Crippen LogP contribution in [0.1, 0.15) is 20.3 Å². The number of halogens is 1. The van der Waals surface area contributed by atoms with Gasteiger partial charge in [-0.25, -0.2) is 4.39 Å². The van der Waals surface area contributed by atoms with E-state index in [0.29, 0.717) is 23.8 Å². The Hall–Kier alpha value is -1.41. The van der Waals surface area contributed by atoms with E-state index in [4.69, 9.17) is 9.84 Å². The van der Waals surface area contributed by atoms with Gasteiger partial charge in [-0.2, -0.15) is 0 Å². The maximum Gasteiger partial charge on any atom is 0.304 e. The summed E-state index contributed by atoms with van der Waals surface area (Å²) >= 11 is 0. The van der Waals surface area contributed by atoms with Crippen molar-refractivity contribution in [1.29, 1.82) is 0 Å². The molecule has 0 bridgehead atoms. The Bertz CT molecular complexity index is 523. The summed E-state index contributed by atoms with van der Waals surface area (Å²) in [7, 11) is 2.97. The number of carboxylic acid groups (broad SMARTS) is 1. The number of carbonyl (C=O) groups excluding carboxylic acids is 1. The molecular weight excluding hydrogens is 341 g/mol. The fourth-order valence-electron chi connectivity index (χ4n) is 1.51. The van der Waals surface area contributed by atoms with E-state index in [-0.39, 0.29) is 18.1 Å². The van der Waals surface area contributed by atoms with Gasteiger partial charge in [0.1, 0.15) is 11.6 Å². The monoisotopic (exact) mass is 361 g/mol. The smallest absolute Gasteiger partial charge is 0.304 e. The molecule has 0 aliphatic rings. The van der Waals surface area contributed by atoms with Crippen LogP contribution < -0.4 is 10.1 Å². The zero-order chi connectivity index (χ0) is 17.3. The molecule has 0 saturated heterocycles. The van der Waals surface area contributed by atoms with Crippen LogP contribution in [0, 0.1) is 5.82 Å². The van der Waals surface area contributed by atoms with Crippen LogP contribution in [-0.2, 0) is 9.59 Å². The highest BCUT2D eigenvalue weighted by atomic mass is 33.1. The van der Waals surface area contributed by atoms with Crippen molar-refractivity contribution >= 4 is 33.5 Å². The summed E-state index contributed by atoms with van der Waals surface area (Å²) in [6.07, 6.45) is 0.128. The van der Waals surface area contributed by atoms with E-state index < -0.39 is 11.6 Å². The van der Waals surface area contributed by atoms with Gasteiger partial charge in [0.2, 0.25) is 0 Å². The summed E-state index contributed by atoms with van der Waals surface area (Å²) < 4.78 is 18.4. The summed E-state index contributed by atoms with van der Waals surface area (Å²) in [5.74, 6) is 0.182. The van der Waals surface area contributed by atoms with Crippen LogP contribution in [0.4, 0.5) is 4.39 Å². The summed E-state index contributed by atoms with van der Waals surface area (Å²) in [5.41, 5.74) is -1.07. The predicted molar refractivity (Wildman–Crippen MR) is 91.3 cm³/mol. The minimum atomic E-state index is -1.07. The van der Waals surface area contributed by atoms with Gasteiger partial charge in [-0.15, -0.1) is 0 Å². The molecule has 5 nitrogen and oxygen atoms in total. The number of rotatable bonds is 10. The number of hydrogen-bond donors (Lipinski definition) is 2. The second kappa shape index (κ2) is 9.67. The lowest BCUT2D eigenvalue weighted by molar-refractivity contribution is -0.136. The average Bonchev–Trinajstić information content (AvgIpc) is 2.48. The van der Waals surface area contributed by atoms with Gasteiger partial charge in [-0.3, -0.25) is 9.59 Å². The van der Waals surface area contributed by atoms with E-state index in [9.17, 15) is 14.0 Å². The van der Waals surface area contributed by atoms with E-state index >= 15 is 0 Å². The van der Waals surface area contributed by atoms with Gasteiger partial charge in [0.05, 0.1) is 6.42 Å². The fraction of sp³-hybridized carbons (Fsp3) is 0.467. The summed E-state index contributed by atoms with van der Waals surface area (Å²) in [5, 5.41) is 11.3. The molecule has 0 radical (unpaired) electrons. The highest BCUT2D eigenvalue weighted by Crippen LogP contribution is 2.21. The molecule has 1 rings (SSSR count). The number of carbonyl (C=O) groups is 2. The molecule has 0 saturated carbocycles. The maximum absolute atomic E-state index is 12.8. The van der Waals surface area contributed by atoms with Crippen LogP contribution in [0.25, 0.3) is 0 Å². The quantitative estimate of drug-likeness (QED) is 0.493. The fourth-order valence-corrected chi connectivity index (χ4v) is 3.40. The third kappa shape index (κ3) is 8.13. The third-order valence-electron chi connectivity index (χ3n) is 2.69. The van der Waals surface area contributed by atoms with Gasteiger partial charge in [-0.1, -0.05) is 21.6 Å². The van der Waals surface area contributed by atoms with E-state index in [0.717, 1.165) is 0 Å². The Morgan fingerprint density at radius 3 is 2.43 bits per heavy atom. The van der Waals surface area contributed by atoms with Crippen LogP contribution in [0.5, 0.6) is 5.75 Å². The molecule has 0 aliphatic carbocycles.